The van der Waals surface area contributed by atoms with Gasteiger partial charge in [0.1, 0.15) is 0 Å². The standard InChI is InChI=1S/C6H10Cl2O/c1-5(2-3-7)4-6(8)9/h5H,2-4H2,1H3. The fourth-order valence-corrected chi connectivity index (χ4v) is 1.20. The minimum atomic E-state index is -0.271. The molecule has 0 rings (SSSR count). The first-order valence-electron chi connectivity index (χ1n) is 2.91. The van der Waals surface area contributed by atoms with Crippen LogP contribution in [0.3, 0.4) is 0 Å². The third-order valence-electron chi connectivity index (χ3n) is 1.11. The topological polar surface area (TPSA) is 17.1 Å². The van der Waals surface area contributed by atoms with Crippen LogP contribution in [0.1, 0.15) is 19.8 Å². The number of carbonyl (C=O) groups excluding carboxylic acids is 1. The molecule has 1 nitrogen and oxygen atoms in total. The maximum absolute atomic E-state index is 10.3. The van der Waals surface area contributed by atoms with E-state index in [4.69, 9.17) is 23.2 Å². The molecule has 1 unspecified atom stereocenters. The van der Waals surface area contributed by atoms with Crippen molar-refractivity contribution >= 4 is 28.4 Å². The van der Waals surface area contributed by atoms with Crippen LogP contribution in [0.5, 0.6) is 0 Å². The average molecular weight is 169 g/mol. The maximum Gasteiger partial charge on any atom is 0.221 e. The van der Waals surface area contributed by atoms with Crippen molar-refractivity contribution in [3.63, 3.8) is 0 Å². The molecule has 0 aliphatic heterocycles. The molecule has 0 heterocycles. The summed E-state index contributed by atoms with van der Waals surface area (Å²) in [4.78, 5) is 10.3. The molecule has 54 valence electrons. The third kappa shape index (κ3) is 6.13. The summed E-state index contributed by atoms with van der Waals surface area (Å²) in [5.74, 6) is 0.929. The summed E-state index contributed by atoms with van der Waals surface area (Å²) in [5, 5.41) is -0.271. The Balaban J connectivity index is 3.26. The molecule has 0 aliphatic rings. The first-order chi connectivity index (χ1) is 4.16. The van der Waals surface area contributed by atoms with Crippen molar-refractivity contribution in [2.45, 2.75) is 19.8 Å². The highest BCUT2D eigenvalue weighted by molar-refractivity contribution is 6.63. The van der Waals surface area contributed by atoms with Gasteiger partial charge in [-0.1, -0.05) is 6.92 Å². The second-order valence-electron chi connectivity index (χ2n) is 2.14. The van der Waals surface area contributed by atoms with Crippen LogP contribution in [0.25, 0.3) is 0 Å². The van der Waals surface area contributed by atoms with Gasteiger partial charge in [-0.3, -0.25) is 4.79 Å². The Bertz CT molecular complexity index is 93.1. The molecule has 0 aliphatic carbocycles. The summed E-state index contributed by atoms with van der Waals surface area (Å²) in [5.41, 5.74) is 0. The normalized spacial score (nSPS) is 13.2. The van der Waals surface area contributed by atoms with Gasteiger partial charge in [-0.25, -0.2) is 0 Å². The number of halogens is 2. The number of rotatable bonds is 4. The van der Waals surface area contributed by atoms with E-state index in [-0.39, 0.29) is 5.24 Å². The minimum absolute atomic E-state index is 0.271. The lowest BCUT2D eigenvalue weighted by atomic mass is 10.1. The zero-order valence-electron chi connectivity index (χ0n) is 5.36. The number of hydrogen-bond acceptors (Lipinski definition) is 1. The molecule has 0 fully saturated rings. The van der Waals surface area contributed by atoms with E-state index >= 15 is 0 Å². The van der Waals surface area contributed by atoms with E-state index in [2.05, 4.69) is 0 Å². The molecule has 0 amide bonds. The van der Waals surface area contributed by atoms with Gasteiger partial charge in [0.25, 0.3) is 0 Å². The van der Waals surface area contributed by atoms with Gasteiger partial charge >= 0.3 is 0 Å². The smallest absolute Gasteiger partial charge is 0.221 e. The lowest BCUT2D eigenvalue weighted by Gasteiger charge is -2.03. The van der Waals surface area contributed by atoms with E-state index in [0.717, 1.165) is 6.42 Å². The second-order valence-corrected chi connectivity index (χ2v) is 2.94. The highest BCUT2D eigenvalue weighted by Gasteiger charge is 2.04. The number of carbonyl (C=O) groups is 1. The lowest BCUT2D eigenvalue weighted by molar-refractivity contribution is -0.112. The van der Waals surface area contributed by atoms with Crippen molar-refractivity contribution in [1.82, 2.24) is 0 Å². The Hall–Kier alpha value is 0.250. The molecule has 0 spiro atoms. The van der Waals surface area contributed by atoms with Crippen molar-refractivity contribution in [2.75, 3.05) is 5.88 Å². The molecular formula is C6H10Cl2O. The molecule has 0 saturated heterocycles. The molecule has 1 atom stereocenters. The van der Waals surface area contributed by atoms with Crippen LogP contribution in [-0.2, 0) is 4.79 Å². The van der Waals surface area contributed by atoms with Gasteiger partial charge < -0.3 is 0 Å². The Morgan fingerprint density at radius 3 is 2.56 bits per heavy atom. The van der Waals surface area contributed by atoms with Gasteiger partial charge in [-0.05, 0) is 23.9 Å². The molecule has 0 aromatic rings. The van der Waals surface area contributed by atoms with Crippen LogP contribution in [0.4, 0.5) is 0 Å². The molecule has 0 aromatic heterocycles. The molecular weight excluding hydrogens is 159 g/mol. The predicted octanol–water partition coefficient (Wildman–Crippen LogP) is 2.41. The predicted molar refractivity (Wildman–Crippen MR) is 40.0 cm³/mol. The molecule has 9 heavy (non-hydrogen) atoms. The van der Waals surface area contributed by atoms with Crippen LogP contribution < -0.4 is 0 Å². The monoisotopic (exact) mass is 168 g/mol. The van der Waals surface area contributed by atoms with Crippen LogP contribution in [0.15, 0.2) is 0 Å². The van der Waals surface area contributed by atoms with Crippen molar-refractivity contribution in [2.24, 2.45) is 5.92 Å². The second kappa shape index (κ2) is 5.07. The van der Waals surface area contributed by atoms with E-state index in [1.54, 1.807) is 0 Å². The van der Waals surface area contributed by atoms with Crippen molar-refractivity contribution in [3.05, 3.63) is 0 Å². The van der Waals surface area contributed by atoms with Gasteiger partial charge in [0.2, 0.25) is 5.24 Å². The van der Waals surface area contributed by atoms with Crippen molar-refractivity contribution in [1.29, 1.82) is 0 Å². The van der Waals surface area contributed by atoms with Crippen LogP contribution >= 0.6 is 23.2 Å². The third-order valence-corrected chi connectivity index (χ3v) is 1.48. The molecule has 0 aromatic carbocycles. The largest absolute Gasteiger partial charge is 0.281 e. The lowest BCUT2D eigenvalue weighted by Crippen LogP contribution is -1.99. The maximum atomic E-state index is 10.3. The SMILES string of the molecule is CC(CCCl)CC(=O)Cl. The van der Waals surface area contributed by atoms with Crippen molar-refractivity contribution in [3.8, 4) is 0 Å². The molecule has 0 N–H and O–H groups in total. The van der Waals surface area contributed by atoms with Crippen LogP contribution in [0.2, 0.25) is 0 Å². The zero-order chi connectivity index (χ0) is 7.28. The quantitative estimate of drug-likeness (QED) is 0.466. The Labute approximate surface area is 65.3 Å². The highest BCUT2D eigenvalue weighted by Crippen LogP contribution is 2.09. The van der Waals surface area contributed by atoms with Crippen molar-refractivity contribution < 1.29 is 4.79 Å². The Morgan fingerprint density at radius 2 is 2.22 bits per heavy atom. The van der Waals surface area contributed by atoms with E-state index in [0.29, 0.717) is 18.2 Å². The minimum Gasteiger partial charge on any atom is -0.281 e. The van der Waals surface area contributed by atoms with E-state index in [9.17, 15) is 4.79 Å². The molecule has 0 saturated carbocycles. The van der Waals surface area contributed by atoms with Crippen LogP contribution in [-0.4, -0.2) is 11.1 Å². The summed E-state index contributed by atoms with van der Waals surface area (Å²) in [6.07, 6.45) is 1.30. The highest BCUT2D eigenvalue weighted by atomic mass is 35.5. The summed E-state index contributed by atoms with van der Waals surface area (Å²) in [7, 11) is 0. The molecule has 0 radical (unpaired) electrons. The van der Waals surface area contributed by atoms with Gasteiger partial charge in [-0.2, -0.15) is 0 Å². The Morgan fingerprint density at radius 1 is 1.67 bits per heavy atom. The zero-order valence-corrected chi connectivity index (χ0v) is 6.87. The van der Waals surface area contributed by atoms with E-state index < -0.39 is 0 Å². The van der Waals surface area contributed by atoms with Gasteiger partial charge in [0.05, 0.1) is 0 Å². The van der Waals surface area contributed by atoms with Gasteiger partial charge in [0, 0.05) is 12.3 Å². The first-order valence-corrected chi connectivity index (χ1v) is 3.82. The summed E-state index contributed by atoms with van der Waals surface area (Å²) < 4.78 is 0. The van der Waals surface area contributed by atoms with Gasteiger partial charge in [0.15, 0.2) is 0 Å². The molecule has 3 heteroatoms. The van der Waals surface area contributed by atoms with E-state index in [1.807, 2.05) is 6.92 Å². The summed E-state index contributed by atoms with van der Waals surface area (Å²) in [6.45, 7) is 1.96. The number of alkyl halides is 1. The van der Waals surface area contributed by atoms with Crippen LogP contribution in [0, 0.1) is 5.92 Å². The van der Waals surface area contributed by atoms with E-state index in [1.165, 1.54) is 0 Å². The molecule has 0 bridgehead atoms. The summed E-state index contributed by atoms with van der Waals surface area (Å²) >= 11 is 10.6. The Kier molecular flexibility index (Phi) is 5.21. The fraction of sp³-hybridized carbons (Fsp3) is 0.833. The fourth-order valence-electron chi connectivity index (χ4n) is 0.562. The van der Waals surface area contributed by atoms with Gasteiger partial charge in [-0.15, -0.1) is 11.6 Å². The summed E-state index contributed by atoms with van der Waals surface area (Å²) in [6, 6.07) is 0. The number of hydrogen-bond donors (Lipinski definition) is 0. The average Bonchev–Trinajstić information content (AvgIpc) is 1.63. The first kappa shape index (κ1) is 9.25.